The molecule has 1 fully saturated rings. The Bertz CT molecular complexity index is 369. The Balaban J connectivity index is 2.68. The Morgan fingerprint density at radius 3 is 2.71 bits per heavy atom. The van der Waals surface area contributed by atoms with Crippen LogP contribution in [0.15, 0.2) is 0 Å². The molecule has 1 heterocycles. The quantitative estimate of drug-likeness (QED) is 0.717. The highest BCUT2D eigenvalue weighted by molar-refractivity contribution is 7.92. The molecule has 0 radical (unpaired) electrons. The average Bonchev–Trinajstić information content (AvgIpc) is 2.71. The first-order chi connectivity index (χ1) is 7.88. The molecule has 1 aliphatic rings. The summed E-state index contributed by atoms with van der Waals surface area (Å²) in [7, 11) is -3.30. The van der Waals surface area contributed by atoms with Gasteiger partial charge in [-0.3, -0.25) is 4.79 Å². The number of nitrogens with zero attached hydrogens (tertiary/aromatic N) is 1. The van der Waals surface area contributed by atoms with Gasteiger partial charge >= 0.3 is 0 Å². The van der Waals surface area contributed by atoms with Gasteiger partial charge in [-0.25, -0.2) is 8.42 Å². The molecule has 2 atom stereocenters. The zero-order valence-electron chi connectivity index (χ0n) is 10.4. The number of halogens is 1. The van der Waals surface area contributed by atoms with Crippen molar-refractivity contribution in [1.82, 2.24) is 4.90 Å². The average molecular weight is 282 g/mol. The minimum atomic E-state index is -3.30. The van der Waals surface area contributed by atoms with Crippen LogP contribution in [0.5, 0.6) is 0 Å². The molecule has 100 valence electrons. The van der Waals surface area contributed by atoms with Crippen molar-refractivity contribution in [2.45, 2.75) is 43.9 Å². The maximum absolute atomic E-state index is 12.1. The number of hydrogen-bond acceptors (Lipinski definition) is 3. The number of carbonyl (C=O) groups is 1. The highest BCUT2D eigenvalue weighted by Gasteiger charge is 2.34. The zero-order valence-corrected chi connectivity index (χ0v) is 11.9. The minimum absolute atomic E-state index is 0.172. The number of hydrogen-bond donors (Lipinski definition) is 0. The molecular formula is C11H20ClNO3S. The molecule has 0 bridgehead atoms. The van der Waals surface area contributed by atoms with E-state index in [0.29, 0.717) is 12.4 Å². The summed E-state index contributed by atoms with van der Waals surface area (Å²) in [5, 5.41) is -0.931. The Labute approximate surface area is 108 Å². The molecular weight excluding hydrogens is 262 g/mol. The normalized spacial score (nSPS) is 22.8. The van der Waals surface area contributed by atoms with E-state index in [1.807, 2.05) is 0 Å². The second-order valence-electron chi connectivity index (χ2n) is 4.63. The van der Waals surface area contributed by atoms with Crippen molar-refractivity contribution in [2.75, 3.05) is 18.7 Å². The Kier molecular flexibility index (Phi) is 5.25. The number of carbonyl (C=O) groups excluding carboxylic acids is 1. The van der Waals surface area contributed by atoms with E-state index in [1.165, 1.54) is 6.92 Å². The third-order valence-corrected chi connectivity index (χ3v) is 5.07. The second kappa shape index (κ2) is 6.05. The summed E-state index contributed by atoms with van der Waals surface area (Å²) in [6.45, 7) is 2.14. The molecule has 0 saturated carbocycles. The van der Waals surface area contributed by atoms with Gasteiger partial charge in [-0.15, -0.1) is 11.6 Å². The van der Waals surface area contributed by atoms with E-state index >= 15 is 0 Å². The van der Waals surface area contributed by atoms with E-state index < -0.39 is 15.1 Å². The number of sulfone groups is 1. The topological polar surface area (TPSA) is 54.5 Å². The molecule has 17 heavy (non-hydrogen) atoms. The van der Waals surface area contributed by atoms with Gasteiger partial charge in [0.05, 0.1) is 0 Å². The lowest BCUT2D eigenvalue weighted by Crippen LogP contribution is -2.43. The van der Waals surface area contributed by atoms with Gasteiger partial charge in [0.15, 0.2) is 9.84 Å². The third-order valence-electron chi connectivity index (χ3n) is 3.32. The number of alkyl halides is 1. The monoisotopic (exact) mass is 281 g/mol. The summed E-state index contributed by atoms with van der Waals surface area (Å²) in [5.74, 6) is 0.324. The first-order valence-electron chi connectivity index (χ1n) is 5.93. The summed E-state index contributed by atoms with van der Waals surface area (Å²) in [5.41, 5.74) is 0. The molecule has 6 heteroatoms. The molecule has 1 aliphatic heterocycles. The molecule has 4 nitrogen and oxygen atoms in total. The molecule has 0 N–H and O–H groups in total. The van der Waals surface area contributed by atoms with Crippen molar-refractivity contribution < 1.29 is 13.2 Å². The van der Waals surface area contributed by atoms with Gasteiger partial charge in [-0.05, 0) is 32.6 Å². The smallest absolute Gasteiger partial charge is 0.240 e. The standard InChI is InChI=1S/C11H20ClNO3S/c1-9(17(2,15)16)11(14)13-8-4-6-10(13)5-3-7-12/h9-10H,3-8H2,1-2H3. The van der Waals surface area contributed by atoms with Gasteiger partial charge in [0.1, 0.15) is 5.25 Å². The summed E-state index contributed by atoms with van der Waals surface area (Å²) >= 11 is 5.64. The van der Waals surface area contributed by atoms with Crippen molar-refractivity contribution >= 4 is 27.3 Å². The van der Waals surface area contributed by atoms with Crippen LogP contribution in [0.3, 0.4) is 0 Å². The van der Waals surface area contributed by atoms with E-state index in [2.05, 4.69) is 0 Å². The Morgan fingerprint density at radius 2 is 2.18 bits per heavy atom. The van der Waals surface area contributed by atoms with Gasteiger partial charge in [0.25, 0.3) is 0 Å². The molecule has 0 aliphatic carbocycles. The number of amides is 1. The van der Waals surface area contributed by atoms with E-state index in [9.17, 15) is 13.2 Å². The van der Waals surface area contributed by atoms with Crippen molar-refractivity contribution in [1.29, 1.82) is 0 Å². The summed E-state index contributed by atoms with van der Waals surface area (Å²) in [6, 6.07) is 0.172. The van der Waals surface area contributed by atoms with Crippen LogP contribution in [0.1, 0.15) is 32.6 Å². The van der Waals surface area contributed by atoms with Crippen LogP contribution >= 0.6 is 11.6 Å². The fourth-order valence-corrected chi connectivity index (χ4v) is 2.81. The Morgan fingerprint density at radius 1 is 1.53 bits per heavy atom. The van der Waals surface area contributed by atoms with Crippen molar-refractivity contribution in [2.24, 2.45) is 0 Å². The molecule has 0 aromatic heterocycles. The number of rotatable bonds is 5. The van der Waals surface area contributed by atoms with Crippen molar-refractivity contribution in [3.63, 3.8) is 0 Å². The van der Waals surface area contributed by atoms with Crippen LogP contribution in [-0.4, -0.2) is 49.2 Å². The van der Waals surface area contributed by atoms with Gasteiger partial charge < -0.3 is 4.90 Å². The fraction of sp³-hybridized carbons (Fsp3) is 0.909. The predicted molar refractivity (Wildman–Crippen MR) is 69.0 cm³/mol. The van der Waals surface area contributed by atoms with Gasteiger partial charge in [-0.1, -0.05) is 0 Å². The second-order valence-corrected chi connectivity index (χ2v) is 7.37. The highest BCUT2D eigenvalue weighted by atomic mass is 35.5. The van der Waals surface area contributed by atoms with Gasteiger partial charge in [0, 0.05) is 24.7 Å². The van der Waals surface area contributed by atoms with E-state index in [-0.39, 0.29) is 11.9 Å². The van der Waals surface area contributed by atoms with Crippen LogP contribution in [0.2, 0.25) is 0 Å². The van der Waals surface area contributed by atoms with E-state index in [4.69, 9.17) is 11.6 Å². The van der Waals surface area contributed by atoms with E-state index in [0.717, 1.165) is 31.9 Å². The largest absolute Gasteiger partial charge is 0.339 e. The lowest BCUT2D eigenvalue weighted by molar-refractivity contribution is -0.131. The maximum atomic E-state index is 12.1. The SMILES string of the molecule is CC(C(=O)N1CCCC1CCCCl)S(C)(=O)=O. The molecule has 1 rings (SSSR count). The summed E-state index contributed by atoms with van der Waals surface area (Å²) in [4.78, 5) is 13.8. The molecule has 1 amide bonds. The molecule has 1 saturated heterocycles. The third kappa shape index (κ3) is 3.85. The lowest BCUT2D eigenvalue weighted by Gasteiger charge is -2.26. The molecule has 0 spiro atoms. The summed E-state index contributed by atoms with van der Waals surface area (Å²) < 4.78 is 22.8. The van der Waals surface area contributed by atoms with E-state index in [1.54, 1.807) is 4.90 Å². The summed E-state index contributed by atoms with van der Waals surface area (Å²) in [6.07, 6.45) is 4.75. The Hall–Kier alpha value is -0.290. The van der Waals surface area contributed by atoms with Crippen molar-refractivity contribution in [3.8, 4) is 0 Å². The predicted octanol–water partition coefficient (Wildman–Crippen LogP) is 1.43. The highest BCUT2D eigenvalue weighted by Crippen LogP contribution is 2.23. The number of likely N-dealkylation sites (tertiary alicyclic amines) is 1. The van der Waals surface area contributed by atoms with Crippen LogP contribution in [0, 0.1) is 0 Å². The first kappa shape index (κ1) is 14.8. The molecule has 2 unspecified atom stereocenters. The lowest BCUT2D eigenvalue weighted by atomic mass is 10.1. The zero-order chi connectivity index (χ0) is 13.1. The van der Waals surface area contributed by atoms with Crippen LogP contribution in [0.4, 0.5) is 0 Å². The first-order valence-corrected chi connectivity index (χ1v) is 8.42. The molecule has 0 aromatic rings. The van der Waals surface area contributed by atoms with Gasteiger partial charge in [0.2, 0.25) is 5.91 Å². The maximum Gasteiger partial charge on any atom is 0.240 e. The fourth-order valence-electron chi connectivity index (χ4n) is 2.16. The van der Waals surface area contributed by atoms with Crippen LogP contribution < -0.4 is 0 Å². The van der Waals surface area contributed by atoms with Crippen LogP contribution in [0.25, 0.3) is 0 Å². The minimum Gasteiger partial charge on any atom is -0.339 e. The van der Waals surface area contributed by atoms with Gasteiger partial charge in [-0.2, -0.15) is 0 Å². The molecule has 0 aromatic carbocycles. The van der Waals surface area contributed by atoms with Crippen molar-refractivity contribution in [3.05, 3.63) is 0 Å². The van der Waals surface area contributed by atoms with Crippen LogP contribution in [-0.2, 0) is 14.6 Å².